The average Bonchev–Trinajstić information content (AvgIpc) is 2.48. The Morgan fingerprint density at radius 2 is 2.12 bits per heavy atom. The Balaban J connectivity index is 2.12. The summed E-state index contributed by atoms with van der Waals surface area (Å²) in [7, 11) is 0. The van der Waals surface area contributed by atoms with Crippen LogP contribution in [0.25, 0.3) is 6.08 Å². The van der Waals surface area contributed by atoms with Crippen molar-refractivity contribution >= 4 is 6.08 Å². The van der Waals surface area contributed by atoms with Crippen molar-refractivity contribution in [3.05, 3.63) is 59.2 Å². The molecule has 0 saturated heterocycles. The van der Waals surface area contributed by atoms with Crippen LogP contribution in [-0.4, -0.2) is 5.11 Å². The molecule has 1 aromatic rings. The van der Waals surface area contributed by atoms with Gasteiger partial charge in [0, 0.05) is 11.5 Å². The first-order valence-electron chi connectivity index (χ1n) is 5.72. The molecule has 2 aliphatic rings. The Morgan fingerprint density at radius 3 is 3.06 bits per heavy atom. The summed E-state index contributed by atoms with van der Waals surface area (Å²) in [6.45, 7) is 0. The molecule has 0 bridgehead atoms. The lowest BCUT2D eigenvalue weighted by molar-refractivity contribution is 0.466. The number of benzene rings is 1. The van der Waals surface area contributed by atoms with Crippen molar-refractivity contribution in [2.75, 3.05) is 0 Å². The maximum atomic E-state index is 9.85. The summed E-state index contributed by atoms with van der Waals surface area (Å²) >= 11 is 0. The lowest BCUT2D eigenvalue weighted by Crippen LogP contribution is -2.01. The van der Waals surface area contributed by atoms with Gasteiger partial charge in [-0.1, -0.05) is 42.5 Å². The first-order chi connectivity index (χ1) is 7.84. The fourth-order valence-corrected chi connectivity index (χ4v) is 2.50. The first-order valence-corrected chi connectivity index (χ1v) is 5.72. The second-order valence-corrected chi connectivity index (χ2v) is 4.38. The first kappa shape index (κ1) is 9.46. The van der Waals surface area contributed by atoms with Gasteiger partial charge < -0.3 is 5.11 Å². The van der Waals surface area contributed by atoms with E-state index < -0.39 is 0 Å². The van der Waals surface area contributed by atoms with Gasteiger partial charge in [-0.2, -0.15) is 0 Å². The van der Waals surface area contributed by atoms with E-state index in [0.717, 1.165) is 24.0 Å². The normalized spacial score (nSPS) is 22.0. The van der Waals surface area contributed by atoms with Gasteiger partial charge in [-0.3, -0.25) is 0 Å². The Labute approximate surface area is 95.4 Å². The molecule has 0 aromatic heterocycles. The fraction of sp³-hybridized carbons (Fsp3) is 0.200. The molecule has 1 unspecified atom stereocenters. The van der Waals surface area contributed by atoms with Gasteiger partial charge in [0.1, 0.15) is 5.75 Å². The number of fused-ring (bicyclic) bond motifs is 2. The summed E-state index contributed by atoms with van der Waals surface area (Å²) in [5.41, 5.74) is 3.61. The van der Waals surface area contributed by atoms with E-state index in [-0.39, 0.29) is 0 Å². The fourth-order valence-electron chi connectivity index (χ4n) is 2.50. The van der Waals surface area contributed by atoms with E-state index in [1.807, 2.05) is 6.07 Å². The second kappa shape index (κ2) is 3.67. The summed E-state index contributed by atoms with van der Waals surface area (Å²) in [6.07, 6.45) is 12.8. The largest absolute Gasteiger partial charge is 0.508 e. The van der Waals surface area contributed by atoms with Crippen LogP contribution in [0, 0.1) is 5.92 Å². The Hall–Kier alpha value is -1.76. The molecule has 0 spiro atoms. The highest BCUT2D eigenvalue weighted by molar-refractivity contribution is 5.64. The minimum absolute atomic E-state index is 0.431. The molecule has 0 fully saturated rings. The maximum absolute atomic E-state index is 9.85. The second-order valence-electron chi connectivity index (χ2n) is 4.38. The van der Waals surface area contributed by atoms with Crippen molar-refractivity contribution in [2.45, 2.75) is 12.8 Å². The van der Waals surface area contributed by atoms with Crippen molar-refractivity contribution in [1.29, 1.82) is 0 Å². The summed E-state index contributed by atoms with van der Waals surface area (Å²) < 4.78 is 0. The third-order valence-corrected chi connectivity index (χ3v) is 3.39. The van der Waals surface area contributed by atoms with Crippen LogP contribution in [0.15, 0.2) is 48.1 Å². The van der Waals surface area contributed by atoms with Gasteiger partial charge in [0.25, 0.3) is 0 Å². The van der Waals surface area contributed by atoms with E-state index >= 15 is 0 Å². The number of aromatic hydroxyl groups is 1. The number of phenolic OH excluding ortho intramolecular Hbond substituents is 1. The molecule has 1 atom stereocenters. The summed E-state index contributed by atoms with van der Waals surface area (Å²) in [5.74, 6) is 0.942. The maximum Gasteiger partial charge on any atom is 0.119 e. The van der Waals surface area contributed by atoms with E-state index in [9.17, 15) is 5.11 Å². The predicted molar refractivity (Wildman–Crippen MR) is 66.2 cm³/mol. The molecule has 0 saturated carbocycles. The van der Waals surface area contributed by atoms with E-state index in [2.05, 4.69) is 36.4 Å². The van der Waals surface area contributed by atoms with Crippen molar-refractivity contribution in [3.8, 4) is 5.75 Å². The molecule has 1 N–H and O–H groups in total. The van der Waals surface area contributed by atoms with Crippen LogP contribution < -0.4 is 0 Å². The van der Waals surface area contributed by atoms with Gasteiger partial charge in [-0.15, -0.1) is 0 Å². The van der Waals surface area contributed by atoms with Crippen LogP contribution in [0.3, 0.4) is 0 Å². The monoisotopic (exact) mass is 210 g/mol. The number of phenols is 1. The van der Waals surface area contributed by atoms with Gasteiger partial charge in [-0.05, 0) is 30.0 Å². The molecule has 2 aliphatic carbocycles. The van der Waals surface area contributed by atoms with Crippen LogP contribution in [0.4, 0.5) is 0 Å². The summed E-state index contributed by atoms with van der Waals surface area (Å²) in [6, 6.07) is 5.77. The van der Waals surface area contributed by atoms with Gasteiger partial charge in [0.05, 0.1) is 0 Å². The molecule has 0 amide bonds. The lowest BCUT2D eigenvalue weighted by Gasteiger charge is -2.13. The smallest absolute Gasteiger partial charge is 0.119 e. The standard InChI is InChI=1S/C15H14O/c16-15-7-3-6-13-10-12-5-2-1-4-11(12)8-9-14(13)15/h1-7,10-11,16H,8-9H2. The Bertz CT molecular complexity index is 506. The third kappa shape index (κ3) is 1.49. The zero-order valence-corrected chi connectivity index (χ0v) is 9.06. The highest BCUT2D eigenvalue weighted by Crippen LogP contribution is 2.34. The van der Waals surface area contributed by atoms with Gasteiger partial charge in [0.2, 0.25) is 0 Å². The Morgan fingerprint density at radius 1 is 1.19 bits per heavy atom. The molecule has 3 rings (SSSR count). The SMILES string of the molecule is Oc1cccc2c1CCC1C=CC=CC1=C2. The zero-order chi connectivity index (χ0) is 11.0. The summed E-state index contributed by atoms with van der Waals surface area (Å²) in [4.78, 5) is 0. The van der Waals surface area contributed by atoms with E-state index in [4.69, 9.17) is 0 Å². The highest BCUT2D eigenvalue weighted by Gasteiger charge is 2.18. The molecular formula is C15H14O. The zero-order valence-electron chi connectivity index (χ0n) is 9.06. The molecule has 16 heavy (non-hydrogen) atoms. The molecule has 0 radical (unpaired) electrons. The molecule has 80 valence electrons. The van der Waals surface area contributed by atoms with Crippen LogP contribution >= 0.6 is 0 Å². The molecule has 1 nitrogen and oxygen atoms in total. The van der Waals surface area contributed by atoms with Crippen LogP contribution in [0.2, 0.25) is 0 Å². The van der Waals surface area contributed by atoms with E-state index in [0.29, 0.717) is 11.7 Å². The van der Waals surface area contributed by atoms with Crippen molar-refractivity contribution in [3.63, 3.8) is 0 Å². The van der Waals surface area contributed by atoms with E-state index in [1.54, 1.807) is 6.07 Å². The molecule has 1 aromatic carbocycles. The molecule has 0 heterocycles. The van der Waals surface area contributed by atoms with Gasteiger partial charge >= 0.3 is 0 Å². The number of rotatable bonds is 0. The van der Waals surface area contributed by atoms with Crippen LogP contribution in [0.5, 0.6) is 5.75 Å². The highest BCUT2D eigenvalue weighted by atomic mass is 16.3. The lowest BCUT2D eigenvalue weighted by atomic mass is 9.91. The van der Waals surface area contributed by atoms with Crippen molar-refractivity contribution < 1.29 is 5.11 Å². The third-order valence-electron chi connectivity index (χ3n) is 3.39. The van der Waals surface area contributed by atoms with Gasteiger partial charge in [-0.25, -0.2) is 0 Å². The number of allylic oxidation sites excluding steroid dienone is 5. The quantitative estimate of drug-likeness (QED) is 0.695. The van der Waals surface area contributed by atoms with Crippen molar-refractivity contribution in [2.24, 2.45) is 5.92 Å². The summed E-state index contributed by atoms with van der Waals surface area (Å²) in [5, 5.41) is 9.85. The molecular weight excluding hydrogens is 196 g/mol. The predicted octanol–water partition coefficient (Wildman–Crippen LogP) is 3.46. The molecule has 1 heteroatoms. The average molecular weight is 210 g/mol. The minimum Gasteiger partial charge on any atom is -0.508 e. The number of hydrogen-bond acceptors (Lipinski definition) is 1. The van der Waals surface area contributed by atoms with E-state index in [1.165, 1.54) is 5.57 Å². The number of hydrogen-bond donors (Lipinski definition) is 1. The van der Waals surface area contributed by atoms with Crippen LogP contribution in [-0.2, 0) is 6.42 Å². The topological polar surface area (TPSA) is 20.2 Å². The van der Waals surface area contributed by atoms with Gasteiger partial charge in [0.15, 0.2) is 0 Å². The van der Waals surface area contributed by atoms with Crippen molar-refractivity contribution in [1.82, 2.24) is 0 Å². The molecule has 0 aliphatic heterocycles. The van der Waals surface area contributed by atoms with Crippen LogP contribution in [0.1, 0.15) is 17.5 Å². The Kier molecular flexibility index (Phi) is 2.17. The minimum atomic E-state index is 0.431.